The number of anilines is 1. The number of nitrogens with zero attached hydrogens (tertiary/aromatic N) is 1. The summed E-state index contributed by atoms with van der Waals surface area (Å²) in [5.41, 5.74) is 0.786. The van der Waals surface area contributed by atoms with Crippen LogP contribution in [0.1, 0.15) is 39.0 Å². The van der Waals surface area contributed by atoms with Crippen molar-refractivity contribution in [3.8, 4) is 5.75 Å². The lowest BCUT2D eigenvalue weighted by Gasteiger charge is -2.15. The minimum absolute atomic E-state index is 0.0143. The van der Waals surface area contributed by atoms with Crippen LogP contribution in [0.4, 0.5) is 11.4 Å². The van der Waals surface area contributed by atoms with Gasteiger partial charge < -0.3 is 24.5 Å². The predicted octanol–water partition coefficient (Wildman–Crippen LogP) is 2.52. The molecule has 2 N–H and O–H groups in total. The van der Waals surface area contributed by atoms with Gasteiger partial charge in [-0.25, -0.2) is 9.59 Å². The molecule has 1 atom stereocenters. The number of aryl methyl sites for hydroxylation is 1. The standard InChI is InChI=1S/C19H21N3O8/c1-9-15(18(24)29-5)10(2)20-16(9)19(25)30-11(3)17(23)21-13-8-12(22(26)27)6-7-14(13)28-4/h6-8,11,20H,1-5H3,(H,21,23)/t11-/m0/s1. The summed E-state index contributed by atoms with van der Waals surface area (Å²) in [4.78, 5) is 49.9. The number of rotatable bonds is 7. The average molecular weight is 419 g/mol. The van der Waals surface area contributed by atoms with E-state index >= 15 is 0 Å². The first-order valence-corrected chi connectivity index (χ1v) is 8.72. The summed E-state index contributed by atoms with van der Waals surface area (Å²) in [6.45, 7) is 4.48. The van der Waals surface area contributed by atoms with Crippen LogP contribution in [0, 0.1) is 24.0 Å². The van der Waals surface area contributed by atoms with Crippen molar-refractivity contribution in [1.82, 2.24) is 4.98 Å². The monoisotopic (exact) mass is 419 g/mol. The Morgan fingerprint density at radius 1 is 1.17 bits per heavy atom. The normalized spacial score (nSPS) is 11.4. The number of methoxy groups -OCH3 is 2. The van der Waals surface area contributed by atoms with Crippen LogP contribution >= 0.6 is 0 Å². The minimum Gasteiger partial charge on any atom is -0.495 e. The molecular formula is C19H21N3O8. The molecule has 1 heterocycles. The second-order valence-corrected chi connectivity index (χ2v) is 6.30. The SMILES string of the molecule is COC(=O)c1c(C)[nH]c(C(=O)O[C@@H](C)C(=O)Nc2cc([N+](=O)[O-])ccc2OC)c1C. The van der Waals surface area contributed by atoms with Crippen LogP contribution in [-0.4, -0.2) is 48.1 Å². The second-order valence-electron chi connectivity index (χ2n) is 6.30. The zero-order chi connectivity index (χ0) is 22.6. The van der Waals surface area contributed by atoms with Crippen LogP contribution in [0.15, 0.2) is 18.2 Å². The largest absolute Gasteiger partial charge is 0.495 e. The van der Waals surface area contributed by atoms with Gasteiger partial charge in [-0.05, 0) is 32.4 Å². The quantitative estimate of drug-likeness (QED) is 0.395. The van der Waals surface area contributed by atoms with Crippen molar-refractivity contribution in [2.75, 3.05) is 19.5 Å². The lowest BCUT2D eigenvalue weighted by atomic mass is 10.1. The van der Waals surface area contributed by atoms with Crippen LogP contribution < -0.4 is 10.1 Å². The minimum atomic E-state index is -1.24. The molecule has 0 saturated heterocycles. The highest BCUT2D eigenvalue weighted by Gasteiger charge is 2.26. The third-order valence-electron chi connectivity index (χ3n) is 4.34. The van der Waals surface area contributed by atoms with Crippen molar-refractivity contribution >= 4 is 29.2 Å². The number of aromatic nitrogens is 1. The fourth-order valence-electron chi connectivity index (χ4n) is 2.78. The number of nitro groups is 1. The van der Waals surface area contributed by atoms with E-state index in [4.69, 9.17) is 14.2 Å². The Morgan fingerprint density at radius 2 is 1.83 bits per heavy atom. The number of carbonyl (C=O) groups is 3. The summed E-state index contributed by atoms with van der Waals surface area (Å²) in [5, 5.41) is 13.4. The fourth-order valence-corrected chi connectivity index (χ4v) is 2.78. The number of esters is 2. The number of benzene rings is 1. The highest BCUT2D eigenvalue weighted by molar-refractivity contribution is 6.01. The fraction of sp³-hybridized carbons (Fsp3) is 0.316. The molecule has 1 aromatic heterocycles. The van der Waals surface area contributed by atoms with E-state index in [1.807, 2.05) is 0 Å². The summed E-state index contributed by atoms with van der Waals surface area (Å²) in [7, 11) is 2.57. The smallest absolute Gasteiger partial charge is 0.355 e. The van der Waals surface area contributed by atoms with Crippen molar-refractivity contribution in [3.05, 3.63) is 50.8 Å². The third kappa shape index (κ3) is 4.57. The molecule has 11 heteroatoms. The van der Waals surface area contributed by atoms with Crippen LogP contribution in [-0.2, 0) is 14.3 Å². The molecule has 0 aliphatic heterocycles. The molecule has 0 radical (unpaired) electrons. The number of nitrogens with one attached hydrogen (secondary N) is 2. The van der Waals surface area contributed by atoms with Crippen molar-refractivity contribution < 1.29 is 33.5 Å². The Hall–Kier alpha value is -3.89. The molecule has 0 saturated carbocycles. The molecule has 0 bridgehead atoms. The first-order chi connectivity index (χ1) is 14.1. The van der Waals surface area contributed by atoms with Crippen LogP contribution in [0.25, 0.3) is 0 Å². The van der Waals surface area contributed by atoms with Crippen LogP contribution in [0.5, 0.6) is 5.75 Å². The lowest BCUT2D eigenvalue weighted by molar-refractivity contribution is -0.384. The molecule has 0 aliphatic carbocycles. The van der Waals surface area contributed by atoms with Gasteiger partial charge >= 0.3 is 11.9 Å². The van der Waals surface area contributed by atoms with E-state index in [2.05, 4.69) is 10.3 Å². The maximum absolute atomic E-state index is 12.5. The first kappa shape index (κ1) is 22.4. The molecular weight excluding hydrogens is 398 g/mol. The Kier molecular flexibility index (Phi) is 6.77. The summed E-state index contributed by atoms with van der Waals surface area (Å²) in [5.74, 6) is -1.98. The molecule has 160 valence electrons. The molecule has 30 heavy (non-hydrogen) atoms. The molecule has 1 amide bonds. The van der Waals surface area contributed by atoms with Crippen molar-refractivity contribution in [3.63, 3.8) is 0 Å². The zero-order valence-electron chi connectivity index (χ0n) is 17.0. The number of ether oxygens (including phenoxy) is 3. The number of amides is 1. The number of carbonyl (C=O) groups excluding carboxylic acids is 3. The van der Waals surface area contributed by atoms with E-state index in [1.165, 1.54) is 33.3 Å². The Bertz CT molecular complexity index is 1010. The van der Waals surface area contributed by atoms with E-state index in [1.54, 1.807) is 13.8 Å². The molecule has 0 spiro atoms. The highest BCUT2D eigenvalue weighted by atomic mass is 16.6. The number of nitro benzene ring substituents is 1. The number of hydrogen-bond acceptors (Lipinski definition) is 8. The van der Waals surface area contributed by atoms with Gasteiger partial charge in [0.1, 0.15) is 11.4 Å². The number of non-ortho nitro benzene ring substituents is 1. The van der Waals surface area contributed by atoms with Crippen molar-refractivity contribution in [2.24, 2.45) is 0 Å². The summed E-state index contributed by atoms with van der Waals surface area (Å²) >= 11 is 0. The molecule has 0 fully saturated rings. The van der Waals surface area contributed by atoms with Crippen molar-refractivity contribution in [1.29, 1.82) is 0 Å². The van der Waals surface area contributed by atoms with Gasteiger partial charge in [0.2, 0.25) is 0 Å². The summed E-state index contributed by atoms with van der Waals surface area (Å²) in [6, 6.07) is 3.70. The maximum Gasteiger partial charge on any atom is 0.355 e. The Labute approximate surface area is 171 Å². The molecule has 11 nitrogen and oxygen atoms in total. The first-order valence-electron chi connectivity index (χ1n) is 8.72. The van der Waals surface area contributed by atoms with Gasteiger partial charge in [0, 0.05) is 17.8 Å². The van der Waals surface area contributed by atoms with E-state index in [0.717, 1.165) is 6.07 Å². The van der Waals surface area contributed by atoms with Gasteiger partial charge in [-0.1, -0.05) is 0 Å². The van der Waals surface area contributed by atoms with Gasteiger partial charge in [-0.2, -0.15) is 0 Å². The molecule has 1 aromatic carbocycles. The zero-order valence-corrected chi connectivity index (χ0v) is 17.0. The predicted molar refractivity (Wildman–Crippen MR) is 105 cm³/mol. The average Bonchev–Trinajstić information content (AvgIpc) is 3.01. The molecule has 0 aliphatic rings. The van der Waals surface area contributed by atoms with Crippen LogP contribution in [0.3, 0.4) is 0 Å². The Balaban J connectivity index is 2.17. The maximum atomic E-state index is 12.5. The van der Waals surface area contributed by atoms with E-state index < -0.39 is 28.9 Å². The van der Waals surface area contributed by atoms with Gasteiger partial charge in [-0.3, -0.25) is 14.9 Å². The second kappa shape index (κ2) is 9.07. The van der Waals surface area contributed by atoms with Gasteiger partial charge in [-0.15, -0.1) is 0 Å². The summed E-state index contributed by atoms with van der Waals surface area (Å²) < 4.78 is 14.9. The highest BCUT2D eigenvalue weighted by Crippen LogP contribution is 2.29. The van der Waals surface area contributed by atoms with E-state index in [9.17, 15) is 24.5 Å². The molecule has 0 unspecified atom stereocenters. The van der Waals surface area contributed by atoms with E-state index in [-0.39, 0.29) is 28.4 Å². The van der Waals surface area contributed by atoms with E-state index in [0.29, 0.717) is 11.3 Å². The van der Waals surface area contributed by atoms with Crippen LogP contribution in [0.2, 0.25) is 0 Å². The Morgan fingerprint density at radius 3 is 2.40 bits per heavy atom. The van der Waals surface area contributed by atoms with Crippen molar-refractivity contribution in [2.45, 2.75) is 26.9 Å². The topological polar surface area (TPSA) is 150 Å². The summed E-state index contributed by atoms with van der Waals surface area (Å²) in [6.07, 6.45) is -1.24. The lowest BCUT2D eigenvalue weighted by Crippen LogP contribution is -2.30. The third-order valence-corrected chi connectivity index (χ3v) is 4.34. The molecule has 2 aromatic rings. The number of aromatic amines is 1. The van der Waals surface area contributed by atoms with Gasteiger partial charge in [0.15, 0.2) is 6.10 Å². The van der Waals surface area contributed by atoms with Gasteiger partial charge in [0.25, 0.3) is 11.6 Å². The van der Waals surface area contributed by atoms with Gasteiger partial charge in [0.05, 0.1) is 30.4 Å². The molecule has 2 rings (SSSR count). The number of H-pyrrole nitrogens is 1. The number of hydrogen-bond donors (Lipinski definition) is 2.